The zero-order valence-electron chi connectivity index (χ0n) is 11.4. The average Bonchev–Trinajstić information content (AvgIpc) is 2.60. The van der Waals surface area contributed by atoms with Crippen molar-refractivity contribution in [2.45, 2.75) is 31.7 Å². The zero-order valence-corrected chi connectivity index (χ0v) is 11.4. The summed E-state index contributed by atoms with van der Waals surface area (Å²) in [6, 6.07) is 0.289. The van der Waals surface area contributed by atoms with Crippen LogP contribution in [0.3, 0.4) is 0 Å². The Balaban J connectivity index is 1.62. The summed E-state index contributed by atoms with van der Waals surface area (Å²) in [5.74, 6) is 0.619. The van der Waals surface area contributed by atoms with E-state index in [-0.39, 0.29) is 6.03 Å². The minimum absolute atomic E-state index is 0.00162. The standard InChI is InChI=1S/C13H26N4O/c1-17-7-5-11(10-17)8-15-13(18)16-12-4-2-3-6-14-9-12/h11-12,14H,2-10H2,1H3,(H2,15,16,18). The summed E-state index contributed by atoms with van der Waals surface area (Å²) in [5.41, 5.74) is 0. The molecular formula is C13H26N4O. The van der Waals surface area contributed by atoms with Crippen LogP contribution in [0, 0.1) is 5.92 Å². The lowest BCUT2D eigenvalue weighted by Crippen LogP contribution is -2.47. The van der Waals surface area contributed by atoms with Crippen LogP contribution in [0.2, 0.25) is 0 Å². The van der Waals surface area contributed by atoms with E-state index in [1.165, 1.54) is 19.3 Å². The molecule has 2 unspecified atom stereocenters. The molecule has 0 saturated carbocycles. The topological polar surface area (TPSA) is 56.4 Å². The van der Waals surface area contributed by atoms with Gasteiger partial charge < -0.3 is 20.9 Å². The van der Waals surface area contributed by atoms with Gasteiger partial charge in [-0.2, -0.15) is 0 Å². The number of carbonyl (C=O) groups excluding carboxylic acids is 1. The van der Waals surface area contributed by atoms with E-state index in [4.69, 9.17) is 0 Å². The van der Waals surface area contributed by atoms with Crippen molar-refractivity contribution in [3.05, 3.63) is 0 Å². The van der Waals surface area contributed by atoms with E-state index in [1.54, 1.807) is 0 Å². The van der Waals surface area contributed by atoms with Crippen molar-refractivity contribution in [1.82, 2.24) is 20.9 Å². The second-order valence-corrected chi connectivity index (χ2v) is 5.67. The lowest BCUT2D eigenvalue weighted by atomic mass is 10.1. The molecule has 0 aromatic carbocycles. The van der Waals surface area contributed by atoms with Gasteiger partial charge >= 0.3 is 6.03 Å². The third-order valence-electron chi connectivity index (χ3n) is 3.92. The highest BCUT2D eigenvalue weighted by molar-refractivity contribution is 5.74. The lowest BCUT2D eigenvalue weighted by molar-refractivity contribution is 0.234. The van der Waals surface area contributed by atoms with Gasteiger partial charge in [0.1, 0.15) is 0 Å². The molecule has 0 bridgehead atoms. The molecule has 5 nitrogen and oxygen atoms in total. The molecule has 18 heavy (non-hydrogen) atoms. The van der Waals surface area contributed by atoms with Gasteiger partial charge in [-0.05, 0) is 45.3 Å². The molecule has 0 aromatic heterocycles. The smallest absolute Gasteiger partial charge is 0.315 e. The van der Waals surface area contributed by atoms with Gasteiger partial charge in [-0.3, -0.25) is 0 Å². The Bertz CT molecular complexity index is 264. The predicted molar refractivity (Wildman–Crippen MR) is 72.6 cm³/mol. The normalized spacial score (nSPS) is 29.8. The number of nitrogens with one attached hydrogen (secondary N) is 3. The number of rotatable bonds is 3. The van der Waals surface area contributed by atoms with Gasteiger partial charge in [0.25, 0.3) is 0 Å². The molecule has 0 spiro atoms. The monoisotopic (exact) mass is 254 g/mol. The second-order valence-electron chi connectivity index (χ2n) is 5.67. The number of hydrogen-bond acceptors (Lipinski definition) is 3. The molecule has 3 N–H and O–H groups in total. The van der Waals surface area contributed by atoms with Gasteiger partial charge in [0.15, 0.2) is 0 Å². The van der Waals surface area contributed by atoms with Gasteiger partial charge in [-0.15, -0.1) is 0 Å². The molecule has 2 heterocycles. The van der Waals surface area contributed by atoms with Crippen LogP contribution < -0.4 is 16.0 Å². The molecular weight excluding hydrogens is 228 g/mol. The highest BCUT2D eigenvalue weighted by Crippen LogP contribution is 2.12. The molecule has 2 aliphatic heterocycles. The fourth-order valence-electron chi connectivity index (χ4n) is 2.81. The maximum atomic E-state index is 11.8. The molecule has 2 amide bonds. The van der Waals surface area contributed by atoms with Crippen LogP contribution in [-0.2, 0) is 0 Å². The van der Waals surface area contributed by atoms with Crippen molar-refractivity contribution >= 4 is 6.03 Å². The fraction of sp³-hybridized carbons (Fsp3) is 0.923. The van der Waals surface area contributed by atoms with Crippen molar-refractivity contribution in [2.24, 2.45) is 5.92 Å². The number of urea groups is 1. The lowest BCUT2D eigenvalue weighted by Gasteiger charge is -2.18. The number of likely N-dealkylation sites (tertiary alicyclic amines) is 1. The average molecular weight is 254 g/mol. The molecule has 2 aliphatic rings. The SMILES string of the molecule is CN1CCC(CNC(=O)NC2CCCCNC2)C1. The van der Waals surface area contributed by atoms with E-state index in [0.717, 1.165) is 39.1 Å². The molecule has 2 atom stereocenters. The van der Waals surface area contributed by atoms with Crippen LogP contribution in [0.5, 0.6) is 0 Å². The highest BCUT2D eigenvalue weighted by atomic mass is 16.2. The Morgan fingerprint density at radius 1 is 1.39 bits per heavy atom. The van der Waals surface area contributed by atoms with Gasteiger partial charge in [0.05, 0.1) is 0 Å². The van der Waals surface area contributed by atoms with Crippen LogP contribution in [0.4, 0.5) is 4.79 Å². The number of nitrogens with zero attached hydrogens (tertiary/aromatic N) is 1. The van der Waals surface area contributed by atoms with Gasteiger partial charge in [0, 0.05) is 25.7 Å². The minimum Gasteiger partial charge on any atom is -0.338 e. The molecule has 5 heteroatoms. The highest BCUT2D eigenvalue weighted by Gasteiger charge is 2.20. The number of amides is 2. The van der Waals surface area contributed by atoms with Crippen LogP contribution in [0.15, 0.2) is 0 Å². The first-order valence-corrected chi connectivity index (χ1v) is 7.17. The van der Waals surface area contributed by atoms with Crippen molar-refractivity contribution in [3.8, 4) is 0 Å². The van der Waals surface area contributed by atoms with Crippen LogP contribution in [-0.4, -0.2) is 56.7 Å². The maximum absolute atomic E-state index is 11.8. The summed E-state index contributed by atoms with van der Waals surface area (Å²) in [5, 5.41) is 9.43. The third-order valence-corrected chi connectivity index (χ3v) is 3.92. The summed E-state index contributed by atoms with van der Waals surface area (Å²) < 4.78 is 0. The van der Waals surface area contributed by atoms with Crippen LogP contribution in [0.25, 0.3) is 0 Å². The summed E-state index contributed by atoms with van der Waals surface area (Å²) in [6.45, 7) is 5.04. The van der Waals surface area contributed by atoms with Crippen molar-refractivity contribution in [1.29, 1.82) is 0 Å². The number of hydrogen-bond donors (Lipinski definition) is 3. The van der Waals surface area contributed by atoms with E-state index < -0.39 is 0 Å². The third kappa shape index (κ3) is 4.46. The van der Waals surface area contributed by atoms with Crippen LogP contribution in [0.1, 0.15) is 25.7 Å². The Hall–Kier alpha value is -0.810. The van der Waals surface area contributed by atoms with E-state index >= 15 is 0 Å². The first-order valence-electron chi connectivity index (χ1n) is 7.17. The Morgan fingerprint density at radius 2 is 2.28 bits per heavy atom. The van der Waals surface area contributed by atoms with E-state index in [2.05, 4.69) is 27.9 Å². The quantitative estimate of drug-likeness (QED) is 0.682. The zero-order chi connectivity index (χ0) is 12.8. The molecule has 0 aromatic rings. The fourth-order valence-corrected chi connectivity index (χ4v) is 2.81. The van der Waals surface area contributed by atoms with Crippen LogP contribution >= 0.6 is 0 Å². The number of carbonyl (C=O) groups is 1. The Kier molecular flexibility index (Phi) is 5.26. The first kappa shape index (κ1) is 13.6. The summed E-state index contributed by atoms with van der Waals surface area (Å²) >= 11 is 0. The van der Waals surface area contributed by atoms with Gasteiger partial charge in [0.2, 0.25) is 0 Å². The molecule has 2 saturated heterocycles. The summed E-state index contributed by atoms with van der Waals surface area (Å²) in [7, 11) is 2.14. The molecule has 2 fully saturated rings. The molecule has 0 radical (unpaired) electrons. The largest absolute Gasteiger partial charge is 0.338 e. The maximum Gasteiger partial charge on any atom is 0.315 e. The van der Waals surface area contributed by atoms with E-state index in [0.29, 0.717) is 12.0 Å². The van der Waals surface area contributed by atoms with Gasteiger partial charge in [-0.1, -0.05) is 6.42 Å². The first-order chi connectivity index (χ1) is 8.74. The summed E-state index contributed by atoms with van der Waals surface area (Å²) in [6.07, 6.45) is 4.70. The van der Waals surface area contributed by atoms with E-state index in [9.17, 15) is 4.79 Å². The van der Waals surface area contributed by atoms with E-state index in [1.807, 2.05) is 0 Å². The van der Waals surface area contributed by atoms with Crippen molar-refractivity contribution < 1.29 is 4.79 Å². The van der Waals surface area contributed by atoms with Gasteiger partial charge in [-0.25, -0.2) is 4.79 Å². The predicted octanol–water partition coefficient (Wildman–Crippen LogP) is 0.379. The summed E-state index contributed by atoms with van der Waals surface area (Å²) in [4.78, 5) is 14.1. The Labute approximate surface area is 110 Å². The Morgan fingerprint density at radius 3 is 3.06 bits per heavy atom. The second kappa shape index (κ2) is 6.95. The molecule has 104 valence electrons. The minimum atomic E-state index is -0.00162. The molecule has 0 aliphatic carbocycles. The van der Waals surface area contributed by atoms with Crippen molar-refractivity contribution in [3.63, 3.8) is 0 Å². The van der Waals surface area contributed by atoms with Crippen molar-refractivity contribution in [2.75, 3.05) is 39.8 Å². The molecule has 2 rings (SSSR count).